The smallest absolute Gasteiger partial charge is 0.244 e. The van der Waals surface area contributed by atoms with E-state index in [1.54, 1.807) is 0 Å². The molecule has 0 aromatic heterocycles. The summed E-state index contributed by atoms with van der Waals surface area (Å²) in [6.07, 6.45) is 1.24. The predicted octanol–water partition coefficient (Wildman–Crippen LogP) is 1.90. The summed E-state index contributed by atoms with van der Waals surface area (Å²) in [5, 5.41) is -0.0852. The lowest BCUT2D eigenvalue weighted by Gasteiger charge is -2.29. The van der Waals surface area contributed by atoms with Crippen LogP contribution in [0.25, 0.3) is 0 Å². The highest BCUT2D eigenvalue weighted by Crippen LogP contribution is 2.28. The Morgan fingerprint density at radius 2 is 1.95 bits per heavy atom. The molecule has 0 unspecified atom stereocenters. The van der Waals surface area contributed by atoms with Crippen molar-refractivity contribution in [3.63, 3.8) is 0 Å². The van der Waals surface area contributed by atoms with Gasteiger partial charge in [-0.25, -0.2) is 12.8 Å². The number of rotatable bonds is 2. The normalized spacial score (nSPS) is 18.7. The van der Waals surface area contributed by atoms with Gasteiger partial charge in [-0.3, -0.25) is 0 Å². The molecular weight excluding hydrogens is 291 g/mol. The molecule has 2 rings (SSSR count). The van der Waals surface area contributed by atoms with E-state index >= 15 is 0 Å². The van der Waals surface area contributed by atoms with E-state index in [4.69, 9.17) is 17.3 Å². The zero-order valence-electron chi connectivity index (χ0n) is 10.6. The predicted molar refractivity (Wildman–Crippen MR) is 72.1 cm³/mol. The minimum Gasteiger partial charge on any atom is -0.328 e. The number of aryl methyl sites for hydroxylation is 1. The molecule has 0 atom stereocenters. The van der Waals surface area contributed by atoms with E-state index in [1.807, 2.05) is 0 Å². The lowest BCUT2D eigenvalue weighted by atomic mass is 10.1. The SMILES string of the molecule is Cc1cc(S(=O)(=O)N2CCC(N)CC2)c(Cl)cc1F. The first kappa shape index (κ1) is 14.7. The van der Waals surface area contributed by atoms with Crippen LogP contribution in [0.3, 0.4) is 0 Å². The number of nitrogens with zero attached hydrogens (tertiary/aromatic N) is 1. The van der Waals surface area contributed by atoms with Crippen LogP contribution in [0.2, 0.25) is 5.02 Å². The molecule has 1 fully saturated rings. The van der Waals surface area contributed by atoms with Gasteiger partial charge in [-0.2, -0.15) is 4.31 Å². The van der Waals surface area contributed by atoms with Gasteiger partial charge in [0.2, 0.25) is 10.0 Å². The molecule has 1 aliphatic heterocycles. The first-order valence-corrected chi connectivity index (χ1v) is 7.85. The van der Waals surface area contributed by atoms with Gasteiger partial charge in [0.15, 0.2) is 0 Å². The van der Waals surface area contributed by atoms with Crippen LogP contribution >= 0.6 is 11.6 Å². The molecule has 7 heteroatoms. The number of sulfonamides is 1. The topological polar surface area (TPSA) is 63.4 Å². The molecule has 106 valence electrons. The van der Waals surface area contributed by atoms with E-state index in [2.05, 4.69) is 0 Å². The van der Waals surface area contributed by atoms with Gasteiger partial charge in [-0.1, -0.05) is 11.6 Å². The van der Waals surface area contributed by atoms with Crippen LogP contribution in [-0.4, -0.2) is 31.9 Å². The van der Waals surface area contributed by atoms with E-state index in [1.165, 1.54) is 17.3 Å². The molecule has 2 N–H and O–H groups in total. The Morgan fingerprint density at radius 3 is 2.53 bits per heavy atom. The monoisotopic (exact) mass is 306 g/mol. The Labute approximate surface area is 117 Å². The van der Waals surface area contributed by atoms with Gasteiger partial charge >= 0.3 is 0 Å². The van der Waals surface area contributed by atoms with Crippen molar-refractivity contribution < 1.29 is 12.8 Å². The van der Waals surface area contributed by atoms with Gasteiger partial charge in [0.05, 0.1) is 5.02 Å². The number of halogens is 2. The maximum absolute atomic E-state index is 13.3. The van der Waals surface area contributed by atoms with Crippen molar-refractivity contribution in [1.82, 2.24) is 4.31 Å². The maximum Gasteiger partial charge on any atom is 0.244 e. The summed E-state index contributed by atoms with van der Waals surface area (Å²) in [6.45, 7) is 2.25. The van der Waals surface area contributed by atoms with Crippen LogP contribution in [0.4, 0.5) is 4.39 Å². The molecule has 1 aliphatic rings. The molecule has 4 nitrogen and oxygen atoms in total. The third-order valence-corrected chi connectivity index (χ3v) is 5.69. The summed E-state index contributed by atoms with van der Waals surface area (Å²) < 4.78 is 39.6. The molecule has 0 spiro atoms. The van der Waals surface area contributed by atoms with Crippen molar-refractivity contribution in [1.29, 1.82) is 0 Å². The highest BCUT2D eigenvalue weighted by molar-refractivity contribution is 7.89. The summed E-state index contributed by atoms with van der Waals surface area (Å²) in [4.78, 5) is -0.0384. The molecule has 19 heavy (non-hydrogen) atoms. The minimum absolute atomic E-state index is 0.0384. The van der Waals surface area contributed by atoms with Gasteiger partial charge in [0, 0.05) is 19.1 Å². The summed E-state index contributed by atoms with van der Waals surface area (Å²) >= 11 is 5.86. The van der Waals surface area contributed by atoms with Crippen molar-refractivity contribution in [2.45, 2.75) is 30.7 Å². The Hall–Kier alpha value is -0.690. The van der Waals surface area contributed by atoms with E-state index in [-0.39, 0.29) is 21.5 Å². The van der Waals surface area contributed by atoms with Crippen molar-refractivity contribution >= 4 is 21.6 Å². The lowest BCUT2D eigenvalue weighted by Crippen LogP contribution is -2.42. The Kier molecular flexibility index (Phi) is 4.15. The van der Waals surface area contributed by atoms with Crippen LogP contribution in [-0.2, 0) is 10.0 Å². The second-order valence-electron chi connectivity index (χ2n) is 4.77. The van der Waals surface area contributed by atoms with Gasteiger partial charge in [-0.15, -0.1) is 0 Å². The fourth-order valence-corrected chi connectivity index (χ4v) is 4.13. The number of benzene rings is 1. The molecule has 1 heterocycles. The highest BCUT2D eigenvalue weighted by Gasteiger charge is 2.30. The first-order valence-electron chi connectivity index (χ1n) is 6.03. The molecule has 0 bridgehead atoms. The fourth-order valence-electron chi connectivity index (χ4n) is 2.08. The van der Waals surface area contributed by atoms with Crippen LogP contribution in [0.1, 0.15) is 18.4 Å². The third-order valence-electron chi connectivity index (χ3n) is 3.33. The van der Waals surface area contributed by atoms with Gasteiger partial charge < -0.3 is 5.73 Å². The zero-order chi connectivity index (χ0) is 14.2. The van der Waals surface area contributed by atoms with Crippen LogP contribution in [0.15, 0.2) is 17.0 Å². The van der Waals surface area contributed by atoms with Crippen molar-refractivity contribution in [2.24, 2.45) is 5.73 Å². The number of hydrogen-bond donors (Lipinski definition) is 1. The molecule has 0 amide bonds. The quantitative estimate of drug-likeness (QED) is 0.907. The van der Waals surface area contributed by atoms with E-state index < -0.39 is 15.8 Å². The summed E-state index contributed by atoms with van der Waals surface area (Å²) in [5.74, 6) is -0.510. The second-order valence-corrected chi connectivity index (χ2v) is 7.09. The highest BCUT2D eigenvalue weighted by atomic mass is 35.5. The van der Waals surface area contributed by atoms with E-state index in [0.717, 1.165) is 6.07 Å². The van der Waals surface area contributed by atoms with Gasteiger partial charge in [-0.05, 0) is 37.5 Å². The van der Waals surface area contributed by atoms with Crippen LogP contribution in [0, 0.1) is 12.7 Å². The van der Waals surface area contributed by atoms with Crippen LogP contribution in [0.5, 0.6) is 0 Å². The molecular formula is C12H16ClFN2O2S. The molecule has 1 aromatic carbocycles. The molecule has 0 radical (unpaired) electrons. The first-order chi connectivity index (χ1) is 8.82. The second kappa shape index (κ2) is 5.36. The Morgan fingerprint density at radius 1 is 1.37 bits per heavy atom. The van der Waals surface area contributed by atoms with Crippen molar-refractivity contribution in [2.75, 3.05) is 13.1 Å². The fraction of sp³-hybridized carbons (Fsp3) is 0.500. The standard InChI is InChI=1S/C12H16ClFN2O2S/c1-8-6-12(10(13)7-11(8)14)19(17,18)16-4-2-9(15)3-5-16/h6-7,9H,2-5,15H2,1H3. The number of hydrogen-bond acceptors (Lipinski definition) is 3. The van der Waals surface area contributed by atoms with Gasteiger partial charge in [0.25, 0.3) is 0 Å². The molecule has 0 saturated carbocycles. The lowest BCUT2D eigenvalue weighted by molar-refractivity contribution is 0.320. The van der Waals surface area contributed by atoms with Gasteiger partial charge in [0.1, 0.15) is 10.7 Å². The Balaban J connectivity index is 2.37. The zero-order valence-corrected chi connectivity index (χ0v) is 12.1. The largest absolute Gasteiger partial charge is 0.328 e. The molecule has 1 aromatic rings. The maximum atomic E-state index is 13.3. The van der Waals surface area contributed by atoms with E-state index in [0.29, 0.717) is 25.9 Å². The molecule has 0 aliphatic carbocycles. The molecule has 1 saturated heterocycles. The average molecular weight is 307 g/mol. The van der Waals surface area contributed by atoms with E-state index in [9.17, 15) is 12.8 Å². The summed E-state index contributed by atoms with van der Waals surface area (Å²) in [5.41, 5.74) is 6.02. The van der Waals surface area contributed by atoms with Crippen molar-refractivity contribution in [3.05, 3.63) is 28.5 Å². The summed E-state index contributed by atoms with van der Waals surface area (Å²) in [7, 11) is -3.68. The number of nitrogens with two attached hydrogens (primary N) is 1. The summed E-state index contributed by atoms with van der Waals surface area (Å²) in [6, 6.07) is 2.36. The van der Waals surface area contributed by atoms with Crippen molar-refractivity contribution in [3.8, 4) is 0 Å². The Bertz CT molecular complexity index is 584. The number of piperidine rings is 1. The third kappa shape index (κ3) is 2.91. The average Bonchev–Trinajstić information content (AvgIpc) is 2.34. The minimum atomic E-state index is -3.68. The van der Waals surface area contributed by atoms with Crippen LogP contribution < -0.4 is 5.73 Å².